The third-order valence-electron chi connectivity index (χ3n) is 10.5. The fourth-order valence-electron chi connectivity index (χ4n) is 6.98. The Morgan fingerprint density at radius 2 is 0.815 bits per heavy atom. The maximum atomic E-state index is 12.4. The van der Waals surface area contributed by atoms with E-state index in [9.17, 15) is 15.0 Å². The molecule has 4 nitrogen and oxygen atoms in total. The number of aliphatic hydroxyl groups excluding tert-OH is 2. The van der Waals surface area contributed by atoms with Crippen LogP contribution in [0.25, 0.3) is 0 Å². The summed E-state index contributed by atoms with van der Waals surface area (Å²) < 4.78 is 0. The Balaban J connectivity index is 3.55. The van der Waals surface area contributed by atoms with Crippen molar-refractivity contribution in [3.63, 3.8) is 0 Å². The molecule has 0 spiro atoms. The van der Waals surface area contributed by atoms with E-state index in [1.165, 1.54) is 148 Å². The number of amides is 1. The SMILES string of the molecule is CC/C=C\C/C=C\C/C=C\C/C=C\C/C=C\CCCCCCCCCCCC(=O)NC(CO)C(O)CCCCCCCCCCCCCCCCCCC. The van der Waals surface area contributed by atoms with E-state index in [-0.39, 0.29) is 12.5 Å². The lowest BCUT2D eigenvalue weighted by atomic mass is 10.0. The van der Waals surface area contributed by atoms with Crippen LogP contribution in [0.4, 0.5) is 0 Å². The first-order valence-electron chi connectivity index (χ1n) is 23.5. The van der Waals surface area contributed by atoms with Crippen LogP contribution >= 0.6 is 0 Å². The van der Waals surface area contributed by atoms with Gasteiger partial charge in [0.15, 0.2) is 0 Å². The van der Waals surface area contributed by atoms with Crippen LogP contribution in [-0.2, 0) is 4.79 Å². The lowest BCUT2D eigenvalue weighted by Gasteiger charge is -2.22. The van der Waals surface area contributed by atoms with Crippen molar-refractivity contribution < 1.29 is 15.0 Å². The monoisotopic (exact) mass is 754 g/mol. The van der Waals surface area contributed by atoms with E-state index < -0.39 is 12.1 Å². The predicted molar refractivity (Wildman–Crippen MR) is 239 cm³/mol. The van der Waals surface area contributed by atoms with E-state index in [1.807, 2.05) is 0 Å². The molecule has 4 heteroatoms. The quantitative estimate of drug-likeness (QED) is 0.0429. The van der Waals surface area contributed by atoms with Gasteiger partial charge >= 0.3 is 0 Å². The molecule has 0 saturated heterocycles. The van der Waals surface area contributed by atoms with Crippen LogP contribution in [0.1, 0.15) is 232 Å². The fraction of sp³-hybridized carbons (Fsp3) is 0.780. The molecule has 314 valence electrons. The Hall–Kier alpha value is -1.91. The third kappa shape index (κ3) is 41.3. The van der Waals surface area contributed by atoms with Gasteiger partial charge < -0.3 is 15.5 Å². The Bertz CT molecular complexity index is 904. The number of carbonyl (C=O) groups excluding carboxylic acids is 1. The summed E-state index contributed by atoms with van der Waals surface area (Å²) in [6.45, 7) is 4.25. The van der Waals surface area contributed by atoms with Gasteiger partial charge in [0, 0.05) is 6.42 Å². The van der Waals surface area contributed by atoms with Crippen LogP contribution < -0.4 is 5.32 Å². The van der Waals surface area contributed by atoms with E-state index in [0.29, 0.717) is 12.8 Å². The Morgan fingerprint density at radius 3 is 1.22 bits per heavy atom. The summed E-state index contributed by atoms with van der Waals surface area (Å²) >= 11 is 0. The van der Waals surface area contributed by atoms with Crippen LogP contribution in [0, 0.1) is 0 Å². The number of hydrogen-bond donors (Lipinski definition) is 3. The second-order valence-corrected chi connectivity index (χ2v) is 15.8. The molecule has 0 saturated carbocycles. The van der Waals surface area contributed by atoms with E-state index in [4.69, 9.17) is 0 Å². The van der Waals surface area contributed by atoms with Crippen molar-refractivity contribution in [2.45, 2.75) is 244 Å². The molecule has 0 aliphatic heterocycles. The number of aliphatic hydroxyl groups is 2. The van der Waals surface area contributed by atoms with Crippen LogP contribution in [0.5, 0.6) is 0 Å². The Morgan fingerprint density at radius 1 is 0.463 bits per heavy atom. The lowest BCUT2D eigenvalue weighted by Crippen LogP contribution is -2.45. The van der Waals surface area contributed by atoms with Crippen molar-refractivity contribution in [2.24, 2.45) is 0 Å². The molecule has 0 fully saturated rings. The molecule has 0 aliphatic carbocycles. The second kappa shape index (κ2) is 45.5. The maximum Gasteiger partial charge on any atom is 0.220 e. The molecule has 0 aromatic carbocycles. The Kier molecular flexibility index (Phi) is 43.9. The summed E-state index contributed by atoms with van der Waals surface area (Å²) in [4.78, 5) is 12.4. The van der Waals surface area contributed by atoms with Crippen molar-refractivity contribution in [3.8, 4) is 0 Å². The fourth-order valence-corrected chi connectivity index (χ4v) is 6.98. The molecule has 0 rings (SSSR count). The topological polar surface area (TPSA) is 69.6 Å². The predicted octanol–water partition coefficient (Wildman–Crippen LogP) is 14.9. The highest BCUT2D eigenvalue weighted by Gasteiger charge is 2.20. The zero-order chi connectivity index (χ0) is 39.3. The lowest BCUT2D eigenvalue weighted by molar-refractivity contribution is -0.123. The summed E-state index contributed by atoms with van der Waals surface area (Å²) in [5.74, 6) is -0.0389. The van der Waals surface area contributed by atoms with Crippen LogP contribution in [0.15, 0.2) is 60.8 Å². The number of allylic oxidation sites excluding steroid dienone is 10. The van der Waals surface area contributed by atoms with Gasteiger partial charge in [-0.25, -0.2) is 0 Å². The molecule has 0 heterocycles. The van der Waals surface area contributed by atoms with Crippen molar-refractivity contribution in [1.29, 1.82) is 0 Å². The molecular weight excluding hydrogens is 663 g/mol. The first-order valence-corrected chi connectivity index (χ1v) is 23.5. The smallest absolute Gasteiger partial charge is 0.220 e. The summed E-state index contributed by atoms with van der Waals surface area (Å²) in [5.41, 5.74) is 0. The average molecular weight is 754 g/mol. The van der Waals surface area contributed by atoms with Crippen molar-refractivity contribution in [3.05, 3.63) is 60.8 Å². The highest BCUT2D eigenvalue weighted by molar-refractivity contribution is 5.76. The molecule has 3 N–H and O–H groups in total. The van der Waals surface area contributed by atoms with E-state index >= 15 is 0 Å². The van der Waals surface area contributed by atoms with E-state index in [0.717, 1.165) is 57.8 Å². The third-order valence-corrected chi connectivity index (χ3v) is 10.5. The van der Waals surface area contributed by atoms with Crippen molar-refractivity contribution >= 4 is 5.91 Å². The minimum absolute atomic E-state index is 0.0389. The highest BCUT2D eigenvalue weighted by atomic mass is 16.3. The van der Waals surface area contributed by atoms with Gasteiger partial charge in [0.2, 0.25) is 5.91 Å². The van der Waals surface area contributed by atoms with Crippen LogP contribution in [0.2, 0.25) is 0 Å². The van der Waals surface area contributed by atoms with Gasteiger partial charge in [-0.3, -0.25) is 4.79 Å². The minimum atomic E-state index is -0.664. The molecule has 2 atom stereocenters. The van der Waals surface area contributed by atoms with Gasteiger partial charge in [-0.2, -0.15) is 0 Å². The normalized spacial score (nSPS) is 13.5. The number of nitrogens with one attached hydrogen (secondary N) is 1. The molecule has 0 bridgehead atoms. The molecule has 1 amide bonds. The van der Waals surface area contributed by atoms with E-state index in [1.54, 1.807) is 0 Å². The van der Waals surface area contributed by atoms with Gasteiger partial charge in [0.05, 0.1) is 18.8 Å². The van der Waals surface area contributed by atoms with Gasteiger partial charge in [0.25, 0.3) is 0 Å². The molecule has 0 aromatic heterocycles. The molecule has 0 radical (unpaired) electrons. The van der Waals surface area contributed by atoms with Gasteiger partial charge in [-0.1, -0.05) is 229 Å². The number of unbranched alkanes of at least 4 members (excludes halogenated alkanes) is 25. The van der Waals surface area contributed by atoms with Crippen LogP contribution in [0.3, 0.4) is 0 Å². The van der Waals surface area contributed by atoms with Gasteiger partial charge in [0.1, 0.15) is 0 Å². The summed E-state index contributed by atoms with van der Waals surface area (Å²) in [5, 5.41) is 23.2. The zero-order valence-corrected chi connectivity index (χ0v) is 36.0. The molecular formula is C50H91NO3. The average Bonchev–Trinajstić information content (AvgIpc) is 3.18. The first kappa shape index (κ1) is 52.1. The summed E-state index contributed by atoms with van der Waals surface area (Å²) in [6, 6.07) is -0.542. The molecule has 2 unspecified atom stereocenters. The minimum Gasteiger partial charge on any atom is -0.394 e. The van der Waals surface area contributed by atoms with Gasteiger partial charge in [-0.15, -0.1) is 0 Å². The standard InChI is InChI=1S/C50H91NO3/c1-3-5-7-9-11-13-15-17-19-21-22-23-24-25-26-27-28-30-32-34-36-38-40-42-44-46-50(54)51-48(47-52)49(53)45-43-41-39-37-35-33-31-29-20-18-16-14-12-10-8-6-4-2/h5,7,11,13,17,19,22-23,25-26,48-49,52-53H,3-4,6,8-10,12,14-16,18,20-21,24,27-47H2,1-2H3,(H,51,54)/b7-5-,13-11-,19-17-,23-22-,26-25-. The van der Waals surface area contributed by atoms with Crippen molar-refractivity contribution in [2.75, 3.05) is 6.61 Å². The zero-order valence-electron chi connectivity index (χ0n) is 36.0. The second-order valence-electron chi connectivity index (χ2n) is 15.8. The first-order chi connectivity index (χ1) is 26.7. The molecule has 0 aromatic rings. The van der Waals surface area contributed by atoms with Crippen molar-refractivity contribution in [1.82, 2.24) is 5.32 Å². The number of carbonyl (C=O) groups is 1. The van der Waals surface area contributed by atoms with Crippen LogP contribution in [-0.4, -0.2) is 34.9 Å². The number of rotatable bonds is 42. The van der Waals surface area contributed by atoms with Gasteiger partial charge in [-0.05, 0) is 57.8 Å². The summed E-state index contributed by atoms with van der Waals surface area (Å²) in [6.07, 6.45) is 63.0. The Labute approximate surface area is 336 Å². The highest BCUT2D eigenvalue weighted by Crippen LogP contribution is 2.16. The molecule has 0 aliphatic rings. The maximum absolute atomic E-state index is 12.4. The van der Waals surface area contributed by atoms with E-state index in [2.05, 4.69) is 79.9 Å². The summed E-state index contributed by atoms with van der Waals surface area (Å²) in [7, 11) is 0. The molecule has 54 heavy (non-hydrogen) atoms. The largest absolute Gasteiger partial charge is 0.394 e. The number of hydrogen-bond acceptors (Lipinski definition) is 3.